The highest BCUT2D eigenvalue weighted by Gasteiger charge is 2.18. The Bertz CT molecular complexity index is 1590. The number of benzene rings is 3. The minimum atomic E-state index is -0.232. The zero-order valence-electron chi connectivity index (χ0n) is 19.8. The second-order valence-corrected chi connectivity index (χ2v) is 9.92. The molecule has 2 aromatic heterocycles. The first-order chi connectivity index (χ1) is 17.5. The number of hydrogen-bond donors (Lipinski definition) is 2. The number of thioether (sulfide) groups is 1. The fraction of sp³-hybridized carbons (Fsp3) is 0.179. The van der Waals surface area contributed by atoms with Crippen LogP contribution in [0.15, 0.2) is 82.7 Å². The molecule has 0 spiro atoms. The highest BCUT2D eigenvalue weighted by atomic mass is 35.5. The summed E-state index contributed by atoms with van der Waals surface area (Å²) in [6.45, 7) is 2.17. The van der Waals surface area contributed by atoms with Crippen LogP contribution in [0.4, 0.5) is 5.69 Å². The Hall–Kier alpha value is -3.55. The van der Waals surface area contributed by atoms with E-state index in [0.29, 0.717) is 26.9 Å². The van der Waals surface area contributed by atoms with Gasteiger partial charge in [0.2, 0.25) is 5.91 Å². The van der Waals surface area contributed by atoms with Crippen molar-refractivity contribution in [1.29, 1.82) is 0 Å². The molecule has 5 aromatic rings. The van der Waals surface area contributed by atoms with E-state index in [4.69, 9.17) is 16.6 Å². The number of nitrogens with one attached hydrogen (secondary N) is 2. The van der Waals surface area contributed by atoms with Crippen molar-refractivity contribution in [1.82, 2.24) is 14.5 Å². The van der Waals surface area contributed by atoms with Gasteiger partial charge in [-0.25, -0.2) is 4.98 Å². The van der Waals surface area contributed by atoms with E-state index in [1.807, 2.05) is 48.5 Å². The average Bonchev–Trinajstić information content (AvgIpc) is 3.27. The largest absolute Gasteiger partial charge is 0.349 e. The van der Waals surface area contributed by atoms with E-state index in [1.54, 1.807) is 24.3 Å². The standard InChI is InChI=1S/C28H25ClN4O2S/c1-2-3-6-18-9-13-20(14-10-18)30-24(34)17-36-28-32-25-22-7-4-5-8-23(22)31-26(25)27(35)33(28)21-15-11-19(29)12-16-21/h4-5,7-16,31H,2-3,6,17H2,1H3,(H,30,34). The van der Waals surface area contributed by atoms with Gasteiger partial charge >= 0.3 is 0 Å². The third-order valence-corrected chi connectivity index (χ3v) is 7.16. The molecule has 5 rings (SSSR count). The molecular formula is C28H25ClN4O2S. The van der Waals surface area contributed by atoms with Crippen molar-refractivity contribution in [2.24, 2.45) is 0 Å². The molecule has 6 nitrogen and oxygen atoms in total. The fourth-order valence-electron chi connectivity index (χ4n) is 4.12. The first kappa shape index (κ1) is 24.2. The normalized spacial score (nSPS) is 11.3. The number of H-pyrrole nitrogens is 1. The lowest BCUT2D eigenvalue weighted by Gasteiger charge is -2.12. The predicted octanol–water partition coefficient (Wildman–Crippen LogP) is 6.59. The van der Waals surface area contributed by atoms with Gasteiger partial charge in [-0.15, -0.1) is 0 Å². The Morgan fingerprint density at radius 1 is 1.06 bits per heavy atom. The van der Waals surface area contributed by atoms with Crippen molar-refractivity contribution < 1.29 is 4.79 Å². The molecule has 0 aliphatic heterocycles. The van der Waals surface area contributed by atoms with E-state index in [9.17, 15) is 9.59 Å². The number of nitrogens with zero attached hydrogens (tertiary/aromatic N) is 2. The fourth-order valence-corrected chi connectivity index (χ4v) is 5.05. The van der Waals surface area contributed by atoms with Gasteiger partial charge in [-0.2, -0.15) is 0 Å². The summed E-state index contributed by atoms with van der Waals surface area (Å²) >= 11 is 7.30. The number of para-hydroxylation sites is 1. The number of rotatable bonds is 8. The topological polar surface area (TPSA) is 79.8 Å². The summed E-state index contributed by atoms with van der Waals surface area (Å²) in [5, 5.41) is 4.81. The molecule has 0 aliphatic carbocycles. The van der Waals surface area contributed by atoms with Crippen LogP contribution < -0.4 is 10.9 Å². The lowest BCUT2D eigenvalue weighted by atomic mass is 10.1. The summed E-state index contributed by atoms with van der Waals surface area (Å²) < 4.78 is 1.52. The minimum absolute atomic E-state index is 0.103. The third kappa shape index (κ3) is 5.03. The molecule has 1 amide bonds. The molecule has 0 bridgehead atoms. The molecule has 0 saturated carbocycles. The van der Waals surface area contributed by atoms with E-state index in [2.05, 4.69) is 17.2 Å². The number of hydrogen-bond acceptors (Lipinski definition) is 4. The highest BCUT2D eigenvalue weighted by molar-refractivity contribution is 7.99. The molecule has 0 radical (unpaired) electrons. The number of aromatic nitrogens is 3. The smallest absolute Gasteiger partial charge is 0.283 e. The molecule has 182 valence electrons. The quantitative estimate of drug-likeness (QED) is 0.180. The SMILES string of the molecule is CCCCc1ccc(NC(=O)CSc2nc3c([nH]c4ccccc43)c(=O)n2-c2ccc(Cl)cc2)cc1. The Morgan fingerprint density at radius 3 is 2.56 bits per heavy atom. The van der Waals surface area contributed by atoms with Crippen molar-refractivity contribution in [3.05, 3.63) is 93.7 Å². The Labute approximate surface area is 217 Å². The number of amides is 1. The van der Waals surface area contributed by atoms with Crippen LogP contribution in [0.1, 0.15) is 25.3 Å². The Balaban J connectivity index is 1.44. The van der Waals surface area contributed by atoms with Crippen molar-refractivity contribution in [3.8, 4) is 5.69 Å². The molecule has 2 heterocycles. The van der Waals surface area contributed by atoms with Gasteiger partial charge in [0.15, 0.2) is 5.16 Å². The summed E-state index contributed by atoms with van der Waals surface area (Å²) in [5.41, 5.74) is 4.24. The van der Waals surface area contributed by atoms with Gasteiger partial charge in [0.25, 0.3) is 5.56 Å². The first-order valence-electron chi connectivity index (χ1n) is 11.8. The summed E-state index contributed by atoms with van der Waals surface area (Å²) in [6.07, 6.45) is 3.32. The molecule has 2 N–H and O–H groups in total. The van der Waals surface area contributed by atoms with Crippen LogP contribution in [-0.4, -0.2) is 26.2 Å². The zero-order chi connectivity index (χ0) is 25.1. The van der Waals surface area contributed by atoms with Crippen LogP contribution in [0, 0.1) is 0 Å². The van der Waals surface area contributed by atoms with Gasteiger partial charge in [-0.1, -0.05) is 67.0 Å². The van der Waals surface area contributed by atoms with Crippen molar-refractivity contribution in [3.63, 3.8) is 0 Å². The molecule has 0 unspecified atom stereocenters. The maximum atomic E-state index is 13.6. The molecule has 3 aromatic carbocycles. The third-order valence-electron chi connectivity index (χ3n) is 5.97. The van der Waals surface area contributed by atoms with Gasteiger partial charge in [-0.3, -0.25) is 14.2 Å². The van der Waals surface area contributed by atoms with Crippen LogP contribution in [0.25, 0.3) is 27.6 Å². The van der Waals surface area contributed by atoms with Crippen LogP contribution in [-0.2, 0) is 11.2 Å². The Kier molecular flexibility index (Phi) is 7.11. The monoisotopic (exact) mass is 516 g/mol. The second kappa shape index (κ2) is 10.6. The number of aryl methyl sites for hydroxylation is 1. The number of unbranched alkanes of at least 4 members (excludes halogenated alkanes) is 1. The number of halogens is 1. The van der Waals surface area contributed by atoms with E-state index in [-0.39, 0.29) is 17.2 Å². The van der Waals surface area contributed by atoms with Crippen molar-refractivity contribution in [2.45, 2.75) is 31.3 Å². The van der Waals surface area contributed by atoms with Crippen LogP contribution in [0.3, 0.4) is 0 Å². The van der Waals surface area contributed by atoms with Crippen LogP contribution in [0.2, 0.25) is 5.02 Å². The number of carbonyl (C=O) groups excluding carboxylic acids is 1. The number of fused-ring (bicyclic) bond motifs is 3. The maximum absolute atomic E-state index is 13.6. The Morgan fingerprint density at radius 2 is 1.81 bits per heavy atom. The molecule has 36 heavy (non-hydrogen) atoms. The average molecular weight is 517 g/mol. The molecule has 0 saturated heterocycles. The molecular weight excluding hydrogens is 492 g/mol. The molecule has 0 aliphatic rings. The van der Waals surface area contributed by atoms with Gasteiger partial charge in [0.05, 0.1) is 11.4 Å². The van der Waals surface area contributed by atoms with E-state index in [0.717, 1.165) is 35.9 Å². The minimum Gasteiger partial charge on any atom is -0.349 e. The zero-order valence-corrected chi connectivity index (χ0v) is 21.3. The number of aromatic amines is 1. The summed E-state index contributed by atoms with van der Waals surface area (Å²) in [7, 11) is 0. The lowest BCUT2D eigenvalue weighted by Crippen LogP contribution is -2.23. The van der Waals surface area contributed by atoms with Crippen LogP contribution in [0.5, 0.6) is 0 Å². The number of carbonyl (C=O) groups is 1. The van der Waals surface area contributed by atoms with Gasteiger partial charge < -0.3 is 10.3 Å². The van der Waals surface area contributed by atoms with Gasteiger partial charge in [-0.05, 0) is 60.9 Å². The first-order valence-corrected chi connectivity index (χ1v) is 13.2. The van der Waals surface area contributed by atoms with E-state index < -0.39 is 0 Å². The summed E-state index contributed by atoms with van der Waals surface area (Å²) in [6, 6.07) is 22.6. The lowest BCUT2D eigenvalue weighted by molar-refractivity contribution is -0.113. The predicted molar refractivity (Wildman–Crippen MR) is 149 cm³/mol. The van der Waals surface area contributed by atoms with Crippen molar-refractivity contribution in [2.75, 3.05) is 11.1 Å². The van der Waals surface area contributed by atoms with Crippen molar-refractivity contribution >= 4 is 56.9 Å². The summed E-state index contributed by atoms with van der Waals surface area (Å²) in [4.78, 5) is 34.4. The molecule has 0 atom stereocenters. The molecule has 0 fully saturated rings. The number of anilines is 1. The van der Waals surface area contributed by atoms with E-state index >= 15 is 0 Å². The second-order valence-electron chi connectivity index (χ2n) is 8.54. The molecule has 8 heteroatoms. The highest BCUT2D eigenvalue weighted by Crippen LogP contribution is 2.27. The summed E-state index contributed by atoms with van der Waals surface area (Å²) in [5.74, 6) is -0.0666. The van der Waals surface area contributed by atoms with Crippen LogP contribution >= 0.6 is 23.4 Å². The van der Waals surface area contributed by atoms with Gasteiger partial charge in [0.1, 0.15) is 11.0 Å². The van der Waals surface area contributed by atoms with E-state index in [1.165, 1.54) is 21.9 Å². The van der Waals surface area contributed by atoms with Gasteiger partial charge in [0, 0.05) is 21.6 Å². The maximum Gasteiger partial charge on any atom is 0.283 e.